The molecule has 2 aromatic carbocycles. The van der Waals surface area contributed by atoms with Crippen LogP contribution in [0.2, 0.25) is 10.0 Å². The van der Waals surface area contributed by atoms with Crippen LogP contribution in [0.25, 0.3) is 0 Å². The first kappa shape index (κ1) is 19.3. The number of benzene rings is 2. The summed E-state index contributed by atoms with van der Waals surface area (Å²) in [7, 11) is 0. The average molecular weight is 403 g/mol. The molecule has 0 bridgehead atoms. The Morgan fingerprint density at radius 3 is 1.46 bits per heavy atom. The van der Waals surface area contributed by atoms with E-state index >= 15 is 0 Å². The second-order valence-corrected chi connectivity index (χ2v) is 5.71. The van der Waals surface area contributed by atoms with Gasteiger partial charge in [0.1, 0.15) is 34.8 Å². The largest absolute Gasteiger partial charge is 0.488 e. The topological polar surface area (TPSA) is 157 Å². The van der Waals surface area contributed by atoms with Gasteiger partial charge in [0.25, 0.3) is 11.4 Å². The molecule has 0 atom stereocenters. The van der Waals surface area contributed by atoms with E-state index in [4.69, 9.17) is 44.1 Å². The van der Waals surface area contributed by atoms with E-state index in [-0.39, 0.29) is 57.5 Å². The predicted octanol–water partition coefficient (Wildman–Crippen LogP) is 3.43. The van der Waals surface area contributed by atoms with Crippen LogP contribution >= 0.6 is 23.2 Å². The lowest BCUT2D eigenvalue weighted by Crippen LogP contribution is -2.11. The van der Waals surface area contributed by atoms with Gasteiger partial charge in [-0.15, -0.1) is 0 Å². The molecule has 12 heteroatoms. The maximum Gasteiger partial charge on any atom is 0.291 e. The summed E-state index contributed by atoms with van der Waals surface area (Å²) < 4.78 is 10.7. The van der Waals surface area contributed by atoms with Crippen LogP contribution in [0.15, 0.2) is 24.3 Å². The number of hydrogen-bond donors (Lipinski definition) is 2. The molecule has 2 rings (SSSR count). The predicted molar refractivity (Wildman–Crippen MR) is 96.0 cm³/mol. The molecule has 0 heterocycles. The number of nitrogen functional groups attached to an aromatic ring is 2. The lowest BCUT2D eigenvalue weighted by molar-refractivity contribution is -0.384. The van der Waals surface area contributed by atoms with Gasteiger partial charge in [-0.05, 0) is 12.1 Å². The smallest absolute Gasteiger partial charge is 0.291 e. The Morgan fingerprint density at radius 1 is 0.808 bits per heavy atom. The molecule has 0 aromatic heterocycles. The van der Waals surface area contributed by atoms with E-state index in [1.165, 1.54) is 12.1 Å². The Balaban J connectivity index is 2.04. The summed E-state index contributed by atoms with van der Waals surface area (Å²) in [6.45, 7) is -0.113. The monoisotopic (exact) mass is 402 g/mol. The molecular weight excluding hydrogens is 391 g/mol. The molecule has 0 spiro atoms. The van der Waals surface area contributed by atoms with E-state index in [1.54, 1.807) is 0 Å². The van der Waals surface area contributed by atoms with E-state index < -0.39 is 9.85 Å². The molecule has 26 heavy (non-hydrogen) atoms. The molecular formula is C14H12Cl2N4O6. The maximum atomic E-state index is 10.9. The van der Waals surface area contributed by atoms with Crippen molar-refractivity contribution in [2.45, 2.75) is 0 Å². The molecule has 2 aromatic rings. The van der Waals surface area contributed by atoms with Crippen molar-refractivity contribution in [1.29, 1.82) is 0 Å². The van der Waals surface area contributed by atoms with Crippen LogP contribution in [-0.2, 0) is 0 Å². The van der Waals surface area contributed by atoms with Crippen LogP contribution in [0, 0.1) is 20.2 Å². The lowest BCUT2D eigenvalue weighted by atomic mass is 10.2. The zero-order valence-corrected chi connectivity index (χ0v) is 14.5. The molecule has 138 valence electrons. The number of hydrogen-bond acceptors (Lipinski definition) is 8. The molecule has 0 fully saturated rings. The van der Waals surface area contributed by atoms with E-state index in [1.807, 2.05) is 0 Å². The molecule has 0 unspecified atom stereocenters. The van der Waals surface area contributed by atoms with Gasteiger partial charge in [0.05, 0.1) is 33.4 Å². The van der Waals surface area contributed by atoms with Gasteiger partial charge in [-0.2, -0.15) is 0 Å². The number of halogens is 2. The minimum Gasteiger partial charge on any atom is -0.488 e. The number of nitrogens with two attached hydrogens (primary N) is 2. The molecule has 0 saturated carbocycles. The van der Waals surface area contributed by atoms with Crippen LogP contribution in [-0.4, -0.2) is 23.1 Å². The van der Waals surface area contributed by atoms with Gasteiger partial charge in [0.2, 0.25) is 0 Å². The van der Waals surface area contributed by atoms with E-state index in [9.17, 15) is 20.2 Å². The highest BCUT2D eigenvalue weighted by atomic mass is 35.5. The van der Waals surface area contributed by atoms with E-state index in [0.717, 1.165) is 12.1 Å². The zero-order valence-electron chi connectivity index (χ0n) is 13.0. The zero-order chi connectivity index (χ0) is 19.4. The first-order valence-electron chi connectivity index (χ1n) is 6.93. The summed E-state index contributed by atoms with van der Waals surface area (Å²) in [4.78, 5) is 20.4. The third-order valence-electron chi connectivity index (χ3n) is 3.15. The molecule has 0 aliphatic carbocycles. The first-order chi connectivity index (χ1) is 12.2. The minimum absolute atomic E-state index is 0.0553. The number of anilines is 2. The van der Waals surface area contributed by atoms with Crippen LogP contribution in [0.1, 0.15) is 0 Å². The van der Waals surface area contributed by atoms with Crippen molar-refractivity contribution >= 4 is 46.0 Å². The molecule has 4 N–H and O–H groups in total. The highest BCUT2D eigenvalue weighted by Gasteiger charge is 2.18. The van der Waals surface area contributed by atoms with Crippen molar-refractivity contribution in [2.24, 2.45) is 0 Å². The Labute approximate surface area is 156 Å². The normalized spacial score (nSPS) is 10.4. The second-order valence-electron chi connectivity index (χ2n) is 4.89. The van der Waals surface area contributed by atoms with Gasteiger partial charge in [0, 0.05) is 0 Å². The molecule has 10 nitrogen and oxygen atoms in total. The van der Waals surface area contributed by atoms with Crippen molar-refractivity contribution in [3.8, 4) is 11.5 Å². The van der Waals surface area contributed by atoms with Crippen molar-refractivity contribution in [1.82, 2.24) is 0 Å². The van der Waals surface area contributed by atoms with Crippen molar-refractivity contribution < 1.29 is 19.3 Å². The van der Waals surface area contributed by atoms with E-state index in [0.29, 0.717) is 0 Å². The Hall–Kier alpha value is -2.98. The van der Waals surface area contributed by atoms with Crippen molar-refractivity contribution in [2.75, 3.05) is 24.7 Å². The summed E-state index contributed by atoms with van der Waals surface area (Å²) in [5.74, 6) is 0.111. The summed E-state index contributed by atoms with van der Waals surface area (Å²) in [5.41, 5.74) is 10.9. The van der Waals surface area contributed by atoms with Gasteiger partial charge in [0.15, 0.2) is 0 Å². The molecule has 0 amide bonds. The number of nitrogens with zero attached hydrogens (tertiary/aromatic N) is 2. The van der Waals surface area contributed by atoms with Gasteiger partial charge in [-0.25, -0.2) is 0 Å². The first-order valence-corrected chi connectivity index (χ1v) is 7.68. The summed E-state index contributed by atoms with van der Waals surface area (Å²) in [6.07, 6.45) is 0. The summed E-state index contributed by atoms with van der Waals surface area (Å²) in [5, 5.41) is 21.5. The third-order valence-corrected chi connectivity index (χ3v) is 3.76. The van der Waals surface area contributed by atoms with Crippen LogP contribution in [0.5, 0.6) is 11.5 Å². The summed E-state index contributed by atoms with van der Waals surface area (Å²) >= 11 is 11.5. The Morgan fingerprint density at radius 2 is 1.15 bits per heavy atom. The number of nitro groups is 2. The fourth-order valence-corrected chi connectivity index (χ4v) is 2.43. The Bertz CT molecular complexity index is 806. The fraction of sp³-hybridized carbons (Fsp3) is 0.143. The number of ether oxygens (including phenoxy) is 2. The quantitative estimate of drug-likeness (QED) is 0.308. The molecule has 0 radical (unpaired) electrons. The van der Waals surface area contributed by atoms with Crippen molar-refractivity contribution in [3.05, 3.63) is 54.5 Å². The van der Waals surface area contributed by atoms with Crippen LogP contribution in [0.3, 0.4) is 0 Å². The minimum atomic E-state index is -0.668. The van der Waals surface area contributed by atoms with Crippen LogP contribution < -0.4 is 20.9 Å². The van der Waals surface area contributed by atoms with Gasteiger partial charge in [-0.1, -0.05) is 23.2 Å². The highest BCUT2D eigenvalue weighted by Crippen LogP contribution is 2.35. The standard InChI is InChI=1S/C14H12Cl2N4O6/c15-7-3-9(17)13(5-11(7)19(21)22)25-1-2-26-14-6-12(20(23)24)8(16)4-10(14)18/h3-6H,1-2,17-18H2. The van der Waals surface area contributed by atoms with Crippen LogP contribution in [0.4, 0.5) is 22.7 Å². The molecule has 0 aliphatic heterocycles. The SMILES string of the molecule is Nc1cc(Cl)c([N+](=O)[O-])cc1OCCOc1cc([N+](=O)[O-])c(Cl)cc1N. The average Bonchev–Trinajstić information content (AvgIpc) is 2.54. The Kier molecular flexibility index (Phi) is 5.90. The molecule has 0 saturated heterocycles. The maximum absolute atomic E-state index is 10.9. The molecule has 0 aliphatic rings. The number of rotatable bonds is 7. The van der Waals surface area contributed by atoms with Gasteiger partial charge < -0.3 is 20.9 Å². The number of nitro benzene ring substituents is 2. The van der Waals surface area contributed by atoms with E-state index in [2.05, 4.69) is 0 Å². The van der Waals surface area contributed by atoms with Crippen molar-refractivity contribution in [3.63, 3.8) is 0 Å². The fourth-order valence-electron chi connectivity index (χ4n) is 1.95. The van der Waals surface area contributed by atoms with Gasteiger partial charge >= 0.3 is 0 Å². The van der Waals surface area contributed by atoms with Gasteiger partial charge in [-0.3, -0.25) is 20.2 Å². The highest BCUT2D eigenvalue weighted by molar-refractivity contribution is 6.33. The lowest BCUT2D eigenvalue weighted by Gasteiger charge is -2.12. The third kappa shape index (κ3) is 4.35. The summed E-state index contributed by atoms with van der Waals surface area (Å²) in [6, 6.07) is 4.60. The second kappa shape index (κ2) is 7.93.